The van der Waals surface area contributed by atoms with Crippen LogP contribution in [0, 0.1) is 0 Å². The first-order valence-corrected chi connectivity index (χ1v) is 9.32. The molecule has 1 heterocycles. The number of aromatic nitrogens is 2. The minimum absolute atomic E-state index is 0.132. The number of aromatic amines is 1. The van der Waals surface area contributed by atoms with Crippen molar-refractivity contribution in [1.29, 1.82) is 0 Å². The first-order chi connectivity index (χ1) is 12.9. The van der Waals surface area contributed by atoms with Crippen LogP contribution in [0.5, 0.6) is 5.75 Å². The average Bonchev–Trinajstić information content (AvgIpc) is 3.00. The Balaban J connectivity index is 1.44. The van der Waals surface area contributed by atoms with Crippen molar-refractivity contribution in [2.45, 2.75) is 31.7 Å². The molecular formula is C18H20Cl2N4O3. The molecular weight excluding hydrogens is 391 g/mol. The minimum atomic E-state index is -0.339. The summed E-state index contributed by atoms with van der Waals surface area (Å²) in [5.74, 6) is 0.968. The van der Waals surface area contributed by atoms with E-state index in [0.29, 0.717) is 40.1 Å². The van der Waals surface area contributed by atoms with Gasteiger partial charge >= 0.3 is 0 Å². The van der Waals surface area contributed by atoms with Crippen LogP contribution in [0.4, 0.5) is 5.82 Å². The number of benzene rings is 1. The molecule has 1 aromatic heterocycles. The van der Waals surface area contributed by atoms with E-state index >= 15 is 0 Å². The molecule has 1 aliphatic rings. The van der Waals surface area contributed by atoms with Crippen molar-refractivity contribution in [1.82, 2.24) is 15.5 Å². The molecule has 1 saturated carbocycles. The van der Waals surface area contributed by atoms with E-state index in [9.17, 15) is 9.59 Å². The number of nitrogens with one attached hydrogen (secondary N) is 3. The average molecular weight is 411 g/mol. The monoisotopic (exact) mass is 410 g/mol. The molecule has 0 atom stereocenters. The molecule has 0 spiro atoms. The van der Waals surface area contributed by atoms with Gasteiger partial charge in [-0.25, -0.2) is 0 Å². The maximum Gasteiger partial charge on any atom is 0.263 e. The molecule has 3 rings (SSSR count). The normalized spacial score (nSPS) is 18.6. The van der Waals surface area contributed by atoms with Gasteiger partial charge in [0.25, 0.3) is 5.91 Å². The largest absolute Gasteiger partial charge is 0.482 e. The Morgan fingerprint density at radius 2 is 2.07 bits per heavy atom. The number of amides is 1. The van der Waals surface area contributed by atoms with Crippen LogP contribution in [-0.2, 0) is 9.59 Å². The second kappa shape index (κ2) is 8.73. The van der Waals surface area contributed by atoms with E-state index in [-0.39, 0.29) is 18.3 Å². The highest BCUT2D eigenvalue weighted by atomic mass is 35.5. The van der Waals surface area contributed by atoms with Crippen LogP contribution >= 0.6 is 23.2 Å². The Morgan fingerprint density at radius 1 is 1.30 bits per heavy atom. The maximum atomic E-state index is 12.0. The van der Waals surface area contributed by atoms with Crippen LogP contribution in [0.2, 0.25) is 10.0 Å². The number of halogens is 2. The molecule has 144 valence electrons. The number of hydrogen-bond acceptors (Lipinski definition) is 5. The van der Waals surface area contributed by atoms with Crippen LogP contribution in [-0.4, -0.2) is 41.1 Å². The molecule has 1 fully saturated rings. The fourth-order valence-corrected chi connectivity index (χ4v) is 3.31. The Bertz CT molecular complexity index is 834. The zero-order chi connectivity index (χ0) is 19.4. The lowest BCUT2D eigenvalue weighted by atomic mass is 9.78. The summed E-state index contributed by atoms with van der Waals surface area (Å²) >= 11 is 11.8. The second-order valence-electron chi connectivity index (χ2n) is 6.57. The third kappa shape index (κ3) is 5.45. The number of ether oxygens (including phenoxy) is 1. The third-order valence-corrected chi connectivity index (χ3v) is 4.87. The molecule has 0 bridgehead atoms. The van der Waals surface area contributed by atoms with Gasteiger partial charge in [-0.1, -0.05) is 23.2 Å². The number of carbonyl (C=O) groups is 2. The number of carbonyl (C=O) groups excluding carboxylic acids is 2. The minimum Gasteiger partial charge on any atom is -0.482 e. The molecule has 1 aromatic carbocycles. The lowest BCUT2D eigenvalue weighted by Gasteiger charge is -2.35. The van der Waals surface area contributed by atoms with Gasteiger partial charge in [0.05, 0.1) is 11.6 Å². The summed E-state index contributed by atoms with van der Waals surface area (Å²) in [6.07, 6.45) is 1.86. The van der Waals surface area contributed by atoms with E-state index in [1.54, 1.807) is 25.1 Å². The summed E-state index contributed by atoms with van der Waals surface area (Å²) in [7, 11) is 0. The number of anilines is 1. The van der Waals surface area contributed by atoms with Gasteiger partial charge in [0.15, 0.2) is 12.4 Å². The van der Waals surface area contributed by atoms with Crippen molar-refractivity contribution in [3.63, 3.8) is 0 Å². The molecule has 7 nitrogen and oxygen atoms in total. The van der Waals surface area contributed by atoms with Gasteiger partial charge in [-0.15, -0.1) is 0 Å². The molecule has 1 amide bonds. The zero-order valence-electron chi connectivity index (χ0n) is 14.7. The summed E-state index contributed by atoms with van der Waals surface area (Å²) in [6.45, 7) is 1.78. The molecule has 9 heteroatoms. The fourth-order valence-electron chi connectivity index (χ4n) is 2.85. The molecule has 0 radical (unpaired) electrons. The quantitative estimate of drug-likeness (QED) is 0.620. The highest BCUT2D eigenvalue weighted by molar-refractivity contribution is 6.35. The van der Waals surface area contributed by atoms with Gasteiger partial charge in [-0.2, -0.15) is 5.10 Å². The predicted octanol–water partition coefficient (Wildman–Crippen LogP) is 3.16. The third-order valence-electron chi connectivity index (χ3n) is 4.34. The van der Waals surface area contributed by atoms with Crippen LogP contribution in [0.1, 0.15) is 31.4 Å². The molecule has 2 aromatic rings. The second-order valence-corrected chi connectivity index (χ2v) is 7.41. The van der Waals surface area contributed by atoms with Crippen LogP contribution in [0.3, 0.4) is 0 Å². The first kappa shape index (κ1) is 19.7. The van der Waals surface area contributed by atoms with Crippen LogP contribution in [0.15, 0.2) is 24.3 Å². The van der Waals surface area contributed by atoms with E-state index in [1.807, 2.05) is 6.07 Å². The number of ketones is 1. The summed E-state index contributed by atoms with van der Waals surface area (Å²) in [5, 5.41) is 13.8. The molecule has 3 N–H and O–H groups in total. The van der Waals surface area contributed by atoms with Crippen LogP contribution < -0.4 is 15.4 Å². The molecule has 0 saturated heterocycles. The van der Waals surface area contributed by atoms with Crippen molar-refractivity contribution in [3.8, 4) is 5.75 Å². The van der Waals surface area contributed by atoms with Crippen molar-refractivity contribution in [2.75, 3.05) is 18.5 Å². The lowest BCUT2D eigenvalue weighted by Crippen LogP contribution is -2.42. The Kier molecular flexibility index (Phi) is 6.36. The number of nitrogens with zero attached hydrogens (tertiary/aromatic N) is 1. The topological polar surface area (TPSA) is 96.1 Å². The number of hydrogen-bond donors (Lipinski definition) is 3. The molecule has 0 unspecified atom stereocenters. The van der Waals surface area contributed by atoms with Crippen LogP contribution in [0.25, 0.3) is 0 Å². The Morgan fingerprint density at radius 3 is 2.78 bits per heavy atom. The van der Waals surface area contributed by atoms with E-state index in [2.05, 4.69) is 20.8 Å². The van der Waals surface area contributed by atoms with E-state index < -0.39 is 0 Å². The molecule has 0 aliphatic heterocycles. The maximum absolute atomic E-state index is 12.0. The smallest absolute Gasteiger partial charge is 0.263 e. The predicted molar refractivity (Wildman–Crippen MR) is 104 cm³/mol. The van der Waals surface area contributed by atoms with Gasteiger partial charge < -0.3 is 15.4 Å². The number of rotatable bonds is 8. The Hall–Kier alpha value is -2.09. The molecule has 1 aliphatic carbocycles. The molecule has 27 heavy (non-hydrogen) atoms. The first-order valence-electron chi connectivity index (χ1n) is 8.56. The fraction of sp³-hybridized carbons (Fsp3) is 0.389. The SMILES string of the molecule is CC(=O)CNC1CC(c2cc(NC(=O)COc3ccc(Cl)cc3Cl)n[nH]2)C1. The standard InChI is InChI=1S/C18H20Cl2N4O3/c1-10(25)8-21-13-4-11(5-13)15-7-17(24-23-15)22-18(26)9-27-16-3-2-12(19)6-14(16)20/h2-3,6-7,11,13,21H,4-5,8-9H2,1H3,(H2,22,23,24,26). The highest BCUT2D eigenvalue weighted by Gasteiger charge is 2.31. The number of H-pyrrole nitrogens is 1. The van der Waals surface area contributed by atoms with E-state index in [1.165, 1.54) is 0 Å². The van der Waals surface area contributed by atoms with Crippen molar-refractivity contribution in [2.24, 2.45) is 0 Å². The van der Waals surface area contributed by atoms with Gasteiger partial charge in [0, 0.05) is 28.7 Å². The van der Waals surface area contributed by atoms with Gasteiger partial charge in [0.1, 0.15) is 11.5 Å². The summed E-state index contributed by atoms with van der Waals surface area (Å²) < 4.78 is 5.40. The zero-order valence-corrected chi connectivity index (χ0v) is 16.2. The van der Waals surface area contributed by atoms with Crippen molar-refractivity contribution in [3.05, 3.63) is 40.0 Å². The Labute approximate surface area is 166 Å². The summed E-state index contributed by atoms with van der Waals surface area (Å²) in [4.78, 5) is 23.0. The van der Waals surface area contributed by atoms with Crippen molar-refractivity contribution < 1.29 is 14.3 Å². The number of Topliss-reactive ketones (excluding diaryl/α,β-unsaturated/α-hetero) is 1. The summed E-state index contributed by atoms with van der Waals surface area (Å²) in [6, 6.07) is 6.96. The van der Waals surface area contributed by atoms with E-state index in [4.69, 9.17) is 27.9 Å². The van der Waals surface area contributed by atoms with Gasteiger partial charge in [-0.3, -0.25) is 14.7 Å². The van der Waals surface area contributed by atoms with Gasteiger partial charge in [-0.05, 0) is 38.0 Å². The highest BCUT2D eigenvalue weighted by Crippen LogP contribution is 2.36. The van der Waals surface area contributed by atoms with Gasteiger partial charge in [0.2, 0.25) is 0 Å². The van der Waals surface area contributed by atoms with E-state index in [0.717, 1.165) is 18.5 Å². The van der Waals surface area contributed by atoms with Crippen molar-refractivity contribution >= 4 is 40.7 Å². The lowest BCUT2D eigenvalue weighted by molar-refractivity contribution is -0.118. The summed E-state index contributed by atoms with van der Waals surface area (Å²) in [5.41, 5.74) is 0.966.